The largest absolute Gasteiger partial charge is 0.472 e. The Bertz CT molecular complexity index is 167. The number of hydrogen-bond acceptors (Lipinski definition) is 2. The molecule has 1 atom stereocenters. The standard InChI is InChI=1S/C8H12O2/c1-7(2-4-9)8-3-5-10-6-8/h3,5-7,9H,2,4H2,1H3/t7-/m0/s1. The summed E-state index contributed by atoms with van der Waals surface area (Å²) < 4.78 is 4.90. The van der Waals surface area contributed by atoms with Crippen molar-refractivity contribution in [3.05, 3.63) is 24.2 Å². The molecular formula is C8H12O2. The van der Waals surface area contributed by atoms with Gasteiger partial charge in [-0.1, -0.05) is 6.92 Å². The second-order valence-corrected chi connectivity index (χ2v) is 2.47. The summed E-state index contributed by atoms with van der Waals surface area (Å²) in [6.07, 6.45) is 4.18. The van der Waals surface area contributed by atoms with Crippen LogP contribution in [-0.4, -0.2) is 11.7 Å². The quantitative estimate of drug-likeness (QED) is 0.694. The molecule has 0 unspecified atom stereocenters. The highest BCUT2D eigenvalue weighted by Crippen LogP contribution is 2.17. The van der Waals surface area contributed by atoms with Gasteiger partial charge in [0.05, 0.1) is 12.5 Å². The minimum atomic E-state index is 0.242. The van der Waals surface area contributed by atoms with Crippen LogP contribution in [0.5, 0.6) is 0 Å². The maximum absolute atomic E-state index is 8.60. The highest BCUT2D eigenvalue weighted by Gasteiger charge is 2.04. The summed E-state index contributed by atoms with van der Waals surface area (Å²) in [6.45, 7) is 2.31. The first kappa shape index (κ1) is 7.35. The van der Waals surface area contributed by atoms with Crippen molar-refractivity contribution in [2.24, 2.45) is 0 Å². The zero-order valence-electron chi connectivity index (χ0n) is 6.08. The second-order valence-electron chi connectivity index (χ2n) is 2.47. The molecule has 1 N–H and O–H groups in total. The van der Waals surface area contributed by atoms with Gasteiger partial charge in [-0.05, 0) is 24.0 Å². The zero-order valence-corrected chi connectivity index (χ0v) is 6.08. The molecule has 0 aliphatic rings. The maximum atomic E-state index is 8.60. The maximum Gasteiger partial charge on any atom is 0.0937 e. The molecule has 0 radical (unpaired) electrons. The first-order valence-electron chi connectivity index (χ1n) is 3.47. The van der Waals surface area contributed by atoms with E-state index in [1.54, 1.807) is 12.5 Å². The van der Waals surface area contributed by atoms with Crippen molar-refractivity contribution in [3.63, 3.8) is 0 Å². The van der Waals surface area contributed by atoms with E-state index in [0.29, 0.717) is 5.92 Å². The second kappa shape index (κ2) is 3.42. The summed E-state index contributed by atoms with van der Waals surface area (Å²) >= 11 is 0. The van der Waals surface area contributed by atoms with Gasteiger partial charge in [0.25, 0.3) is 0 Å². The molecule has 1 rings (SSSR count). The van der Waals surface area contributed by atoms with Crippen LogP contribution in [0.3, 0.4) is 0 Å². The van der Waals surface area contributed by atoms with Gasteiger partial charge in [-0.15, -0.1) is 0 Å². The predicted molar refractivity (Wildman–Crippen MR) is 38.8 cm³/mol. The van der Waals surface area contributed by atoms with Crippen LogP contribution in [0.4, 0.5) is 0 Å². The number of rotatable bonds is 3. The van der Waals surface area contributed by atoms with Gasteiger partial charge in [0.15, 0.2) is 0 Å². The molecular weight excluding hydrogens is 128 g/mol. The summed E-state index contributed by atoms with van der Waals surface area (Å²) in [4.78, 5) is 0. The van der Waals surface area contributed by atoms with Crippen LogP contribution in [0.1, 0.15) is 24.8 Å². The molecule has 0 saturated carbocycles. The van der Waals surface area contributed by atoms with Crippen LogP contribution in [0.15, 0.2) is 23.0 Å². The molecule has 0 fully saturated rings. The van der Waals surface area contributed by atoms with E-state index in [1.807, 2.05) is 6.07 Å². The molecule has 0 aromatic carbocycles. The van der Waals surface area contributed by atoms with Gasteiger partial charge in [-0.25, -0.2) is 0 Å². The van der Waals surface area contributed by atoms with Gasteiger partial charge in [0, 0.05) is 6.61 Å². The Morgan fingerprint density at radius 1 is 1.70 bits per heavy atom. The van der Waals surface area contributed by atoms with Crippen LogP contribution >= 0.6 is 0 Å². The summed E-state index contributed by atoms with van der Waals surface area (Å²) in [5.41, 5.74) is 1.16. The molecule has 0 spiro atoms. The Morgan fingerprint density at radius 2 is 2.50 bits per heavy atom. The average molecular weight is 140 g/mol. The average Bonchev–Trinajstić information content (AvgIpc) is 2.38. The molecule has 10 heavy (non-hydrogen) atoms. The van der Waals surface area contributed by atoms with Crippen LogP contribution in [0.2, 0.25) is 0 Å². The van der Waals surface area contributed by atoms with E-state index in [4.69, 9.17) is 9.52 Å². The van der Waals surface area contributed by atoms with Gasteiger partial charge < -0.3 is 9.52 Å². The Morgan fingerprint density at radius 3 is 3.00 bits per heavy atom. The first-order chi connectivity index (χ1) is 4.84. The van der Waals surface area contributed by atoms with Crippen LogP contribution < -0.4 is 0 Å². The Hall–Kier alpha value is -0.760. The van der Waals surface area contributed by atoms with Gasteiger partial charge in [-0.3, -0.25) is 0 Å². The smallest absolute Gasteiger partial charge is 0.0937 e. The Labute approximate surface area is 60.5 Å². The summed E-state index contributed by atoms with van der Waals surface area (Å²) in [5, 5.41) is 8.60. The molecule has 0 bridgehead atoms. The molecule has 1 aromatic rings. The van der Waals surface area contributed by atoms with Crippen molar-refractivity contribution >= 4 is 0 Å². The summed E-state index contributed by atoms with van der Waals surface area (Å²) in [7, 11) is 0. The molecule has 1 heterocycles. The zero-order chi connectivity index (χ0) is 7.40. The third-order valence-electron chi connectivity index (χ3n) is 1.67. The lowest BCUT2D eigenvalue weighted by Gasteiger charge is -2.04. The van der Waals surface area contributed by atoms with E-state index in [0.717, 1.165) is 12.0 Å². The van der Waals surface area contributed by atoms with Crippen LogP contribution in [0, 0.1) is 0 Å². The van der Waals surface area contributed by atoms with E-state index >= 15 is 0 Å². The van der Waals surface area contributed by atoms with Crippen molar-refractivity contribution in [1.29, 1.82) is 0 Å². The van der Waals surface area contributed by atoms with E-state index in [9.17, 15) is 0 Å². The molecule has 0 saturated heterocycles. The topological polar surface area (TPSA) is 33.4 Å². The van der Waals surface area contributed by atoms with Crippen molar-refractivity contribution in [3.8, 4) is 0 Å². The fraction of sp³-hybridized carbons (Fsp3) is 0.500. The van der Waals surface area contributed by atoms with Crippen molar-refractivity contribution in [1.82, 2.24) is 0 Å². The van der Waals surface area contributed by atoms with Crippen molar-refractivity contribution in [2.75, 3.05) is 6.61 Å². The lowest BCUT2D eigenvalue weighted by atomic mass is 10.0. The summed E-state index contributed by atoms with van der Waals surface area (Å²) in [6, 6.07) is 1.93. The Balaban J connectivity index is 2.50. The summed E-state index contributed by atoms with van der Waals surface area (Å²) in [5.74, 6) is 0.406. The molecule has 2 nitrogen and oxygen atoms in total. The molecule has 1 aromatic heterocycles. The third-order valence-corrected chi connectivity index (χ3v) is 1.67. The number of aliphatic hydroxyl groups is 1. The lowest BCUT2D eigenvalue weighted by Crippen LogP contribution is -1.94. The van der Waals surface area contributed by atoms with E-state index in [-0.39, 0.29) is 6.61 Å². The highest BCUT2D eigenvalue weighted by molar-refractivity contribution is 5.10. The van der Waals surface area contributed by atoms with Gasteiger partial charge in [0.2, 0.25) is 0 Å². The SMILES string of the molecule is C[C@@H](CCO)c1ccoc1. The Kier molecular flexibility index (Phi) is 2.51. The van der Waals surface area contributed by atoms with E-state index in [1.165, 1.54) is 0 Å². The first-order valence-corrected chi connectivity index (χ1v) is 3.47. The normalized spacial score (nSPS) is 13.4. The molecule has 0 aliphatic heterocycles. The van der Waals surface area contributed by atoms with Crippen molar-refractivity contribution < 1.29 is 9.52 Å². The fourth-order valence-electron chi connectivity index (χ4n) is 0.916. The van der Waals surface area contributed by atoms with Crippen LogP contribution in [0.25, 0.3) is 0 Å². The van der Waals surface area contributed by atoms with Crippen molar-refractivity contribution in [2.45, 2.75) is 19.3 Å². The number of furan rings is 1. The monoisotopic (exact) mass is 140 g/mol. The third kappa shape index (κ3) is 1.61. The molecule has 0 amide bonds. The minimum Gasteiger partial charge on any atom is -0.472 e. The molecule has 56 valence electrons. The fourth-order valence-corrected chi connectivity index (χ4v) is 0.916. The van der Waals surface area contributed by atoms with Gasteiger partial charge >= 0.3 is 0 Å². The van der Waals surface area contributed by atoms with Gasteiger partial charge in [0.1, 0.15) is 0 Å². The highest BCUT2D eigenvalue weighted by atomic mass is 16.3. The number of aliphatic hydroxyl groups excluding tert-OH is 1. The predicted octanol–water partition coefficient (Wildman–Crippen LogP) is 1.77. The van der Waals surface area contributed by atoms with E-state index < -0.39 is 0 Å². The molecule has 2 heteroatoms. The van der Waals surface area contributed by atoms with E-state index in [2.05, 4.69) is 6.92 Å². The van der Waals surface area contributed by atoms with Crippen LogP contribution in [-0.2, 0) is 0 Å². The van der Waals surface area contributed by atoms with Gasteiger partial charge in [-0.2, -0.15) is 0 Å². The minimum absolute atomic E-state index is 0.242. The molecule has 0 aliphatic carbocycles. The lowest BCUT2D eigenvalue weighted by molar-refractivity contribution is 0.278. The number of hydrogen-bond donors (Lipinski definition) is 1.